The van der Waals surface area contributed by atoms with Crippen LogP contribution >= 0.6 is 0 Å². The van der Waals surface area contributed by atoms with Crippen molar-refractivity contribution in [1.29, 1.82) is 0 Å². The molecule has 0 fully saturated rings. The van der Waals surface area contributed by atoms with Gasteiger partial charge in [-0.2, -0.15) is 0 Å². The van der Waals surface area contributed by atoms with Crippen molar-refractivity contribution in [3.05, 3.63) is 12.7 Å². The molecule has 0 heterocycles. The van der Waals surface area contributed by atoms with Crippen molar-refractivity contribution >= 4 is 5.91 Å². The van der Waals surface area contributed by atoms with Crippen LogP contribution in [0.1, 0.15) is 34.1 Å². The van der Waals surface area contributed by atoms with Crippen molar-refractivity contribution in [2.24, 2.45) is 11.7 Å². The lowest BCUT2D eigenvalue weighted by molar-refractivity contribution is -0.139. The Bertz CT molecular complexity index is 218. The maximum atomic E-state index is 12.1. The van der Waals surface area contributed by atoms with Gasteiger partial charge in [-0.25, -0.2) is 0 Å². The SMILES string of the molecule is C=CCN(C(=O)C(C)CCN)C(C)(C)C. The van der Waals surface area contributed by atoms with Gasteiger partial charge in [0.25, 0.3) is 0 Å². The minimum atomic E-state index is -0.159. The van der Waals surface area contributed by atoms with Gasteiger partial charge in [-0.15, -0.1) is 6.58 Å². The van der Waals surface area contributed by atoms with Gasteiger partial charge in [0, 0.05) is 18.0 Å². The lowest BCUT2D eigenvalue weighted by Gasteiger charge is -2.36. The summed E-state index contributed by atoms with van der Waals surface area (Å²) >= 11 is 0. The number of hydrogen-bond acceptors (Lipinski definition) is 2. The van der Waals surface area contributed by atoms with Crippen molar-refractivity contribution in [1.82, 2.24) is 4.90 Å². The number of carbonyl (C=O) groups is 1. The third-order valence-corrected chi connectivity index (χ3v) is 2.41. The topological polar surface area (TPSA) is 46.3 Å². The number of rotatable bonds is 5. The second-order valence-electron chi connectivity index (χ2n) is 4.89. The molecule has 0 aliphatic heterocycles. The van der Waals surface area contributed by atoms with E-state index >= 15 is 0 Å². The van der Waals surface area contributed by atoms with Gasteiger partial charge in [0.15, 0.2) is 0 Å². The van der Waals surface area contributed by atoms with E-state index in [-0.39, 0.29) is 17.4 Å². The first kappa shape index (κ1) is 14.2. The lowest BCUT2D eigenvalue weighted by Crippen LogP contribution is -2.48. The molecule has 0 spiro atoms. The largest absolute Gasteiger partial charge is 0.334 e. The van der Waals surface area contributed by atoms with Crippen LogP contribution in [0.3, 0.4) is 0 Å². The van der Waals surface area contributed by atoms with Crippen LogP contribution in [-0.2, 0) is 4.79 Å². The molecule has 0 aromatic rings. The highest BCUT2D eigenvalue weighted by atomic mass is 16.2. The Kier molecular flexibility index (Phi) is 5.58. The summed E-state index contributed by atoms with van der Waals surface area (Å²) in [4.78, 5) is 13.9. The normalized spacial score (nSPS) is 13.4. The second-order valence-corrected chi connectivity index (χ2v) is 4.89. The number of amides is 1. The van der Waals surface area contributed by atoms with E-state index in [1.807, 2.05) is 32.6 Å². The van der Waals surface area contributed by atoms with Crippen LogP contribution in [0.25, 0.3) is 0 Å². The molecule has 1 unspecified atom stereocenters. The summed E-state index contributed by atoms with van der Waals surface area (Å²) in [5.41, 5.74) is 5.30. The van der Waals surface area contributed by atoms with Gasteiger partial charge in [0.1, 0.15) is 0 Å². The quantitative estimate of drug-likeness (QED) is 0.706. The highest BCUT2D eigenvalue weighted by molar-refractivity contribution is 5.79. The Balaban J connectivity index is 4.62. The summed E-state index contributed by atoms with van der Waals surface area (Å²) in [7, 11) is 0. The van der Waals surface area contributed by atoms with Crippen LogP contribution < -0.4 is 5.73 Å². The zero-order valence-corrected chi connectivity index (χ0v) is 10.4. The average Bonchev–Trinajstić information content (AvgIpc) is 2.11. The number of nitrogens with two attached hydrogens (primary N) is 1. The first-order valence-corrected chi connectivity index (χ1v) is 5.47. The molecule has 2 N–H and O–H groups in total. The van der Waals surface area contributed by atoms with Crippen LogP contribution in [0.2, 0.25) is 0 Å². The Morgan fingerprint density at radius 2 is 2.07 bits per heavy atom. The third-order valence-electron chi connectivity index (χ3n) is 2.41. The highest BCUT2D eigenvalue weighted by Crippen LogP contribution is 2.17. The molecule has 1 amide bonds. The molecule has 0 saturated carbocycles. The number of nitrogens with zero attached hydrogens (tertiary/aromatic N) is 1. The van der Waals surface area contributed by atoms with E-state index in [0.717, 1.165) is 6.42 Å². The fourth-order valence-electron chi connectivity index (χ4n) is 1.46. The molecule has 1 atom stereocenters. The van der Waals surface area contributed by atoms with E-state index < -0.39 is 0 Å². The van der Waals surface area contributed by atoms with Crippen LogP contribution in [0.4, 0.5) is 0 Å². The molecule has 0 aromatic heterocycles. The van der Waals surface area contributed by atoms with E-state index in [1.165, 1.54) is 0 Å². The van der Waals surface area contributed by atoms with Gasteiger partial charge in [-0.05, 0) is 33.7 Å². The molecule has 0 aliphatic rings. The monoisotopic (exact) mass is 212 g/mol. The van der Waals surface area contributed by atoms with E-state index in [9.17, 15) is 4.79 Å². The van der Waals surface area contributed by atoms with Gasteiger partial charge in [0.2, 0.25) is 5.91 Å². The zero-order chi connectivity index (χ0) is 12.1. The molecule has 0 aromatic carbocycles. The third kappa shape index (κ3) is 4.47. The Morgan fingerprint density at radius 3 is 2.40 bits per heavy atom. The van der Waals surface area contributed by atoms with E-state index in [4.69, 9.17) is 5.73 Å². The Morgan fingerprint density at radius 1 is 1.53 bits per heavy atom. The maximum Gasteiger partial charge on any atom is 0.226 e. The summed E-state index contributed by atoms with van der Waals surface area (Å²) in [6, 6.07) is 0. The fraction of sp³-hybridized carbons (Fsp3) is 0.750. The van der Waals surface area contributed by atoms with E-state index in [1.54, 1.807) is 6.08 Å². The summed E-state index contributed by atoms with van der Waals surface area (Å²) in [5.74, 6) is 0.155. The van der Waals surface area contributed by atoms with Crippen LogP contribution in [0.15, 0.2) is 12.7 Å². The zero-order valence-electron chi connectivity index (χ0n) is 10.4. The average molecular weight is 212 g/mol. The predicted molar refractivity (Wildman–Crippen MR) is 64.5 cm³/mol. The van der Waals surface area contributed by atoms with Gasteiger partial charge in [-0.1, -0.05) is 13.0 Å². The molecule has 3 nitrogen and oxygen atoms in total. The van der Waals surface area contributed by atoms with Crippen molar-refractivity contribution < 1.29 is 4.79 Å². The van der Waals surface area contributed by atoms with Crippen LogP contribution in [-0.4, -0.2) is 29.4 Å². The van der Waals surface area contributed by atoms with Crippen LogP contribution in [0.5, 0.6) is 0 Å². The standard InChI is InChI=1S/C12H24N2O/c1-6-9-14(12(3,4)5)11(15)10(2)7-8-13/h6,10H,1,7-9,13H2,2-5H3. The van der Waals surface area contributed by atoms with Gasteiger partial charge in [-0.3, -0.25) is 4.79 Å². The first-order chi connectivity index (χ1) is 6.84. The van der Waals surface area contributed by atoms with Gasteiger partial charge < -0.3 is 10.6 Å². The molecular weight excluding hydrogens is 188 g/mol. The summed E-state index contributed by atoms with van der Waals surface area (Å²) in [5, 5.41) is 0. The van der Waals surface area contributed by atoms with Crippen molar-refractivity contribution in [3.8, 4) is 0 Å². The van der Waals surface area contributed by atoms with Gasteiger partial charge >= 0.3 is 0 Å². The maximum absolute atomic E-state index is 12.1. The predicted octanol–water partition coefficient (Wildman–Crippen LogP) is 1.78. The number of carbonyl (C=O) groups excluding carboxylic acids is 1. The molecule has 0 bridgehead atoms. The van der Waals surface area contributed by atoms with Crippen molar-refractivity contribution in [2.75, 3.05) is 13.1 Å². The molecule has 15 heavy (non-hydrogen) atoms. The van der Waals surface area contributed by atoms with E-state index in [0.29, 0.717) is 13.1 Å². The molecule has 0 saturated heterocycles. The fourth-order valence-corrected chi connectivity index (χ4v) is 1.46. The second kappa shape index (κ2) is 5.91. The molecule has 0 rings (SSSR count). The summed E-state index contributed by atoms with van der Waals surface area (Å²) < 4.78 is 0. The van der Waals surface area contributed by atoms with Crippen LogP contribution in [0, 0.1) is 5.92 Å². The summed E-state index contributed by atoms with van der Waals surface area (Å²) in [6.07, 6.45) is 2.50. The lowest BCUT2D eigenvalue weighted by atomic mass is 10.00. The van der Waals surface area contributed by atoms with Crippen molar-refractivity contribution in [3.63, 3.8) is 0 Å². The Hall–Kier alpha value is -0.830. The molecule has 3 heteroatoms. The molecule has 88 valence electrons. The first-order valence-electron chi connectivity index (χ1n) is 5.47. The van der Waals surface area contributed by atoms with Gasteiger partial charge in [0.05, 0.1) is 0 Å². The summed E-state index contributed by atoms with van der Waals surface area (Å²) in [6.45, 7) is 12.9. The molecule has 0 radical (unpaired) electrons. The molecule has 0 aliphatic carbocycles. The highest BCUT2D eigenvalue weighted by Gasteiger charge is 2.28. The Labute approximate surface area is 93.3 Å². The molecular formula is C12H24N2O. The van der Waals surface area contributed by atoms with E-state index in [2.05, 4.69) is 6.58 Å². The number of hydrogen-bond donors (Lipinski definition) is 1. The van der Waals surface area contributed by atoms with Crippen molar-refractivity contribution in [2.45, 2.75) is 39.7 Å². The minimum Gasteiger partial charge on any atom is -0.334 e. The smallest absolute Gasteiger partial charge is 0.226 e. The minimum absolute atomic E-state index is 0.00539.